The van der Waals surface area contributed by atoms with Crippen molar-refractivity contribution in [3.63, 3.8) is 0 Å². The predicted octanol–water partition coefficient (Wildman–Crippen LogP) is 7.33. The van der Waals surface area contributed by atoms with Gasteiger partial charge in [0.25, 0.3) is 0 Å². The van der Waals surface area contributed by atoms with Crippen molar-refractivity contribution < 1.29 is 8.78 Å². The van der Waals surface area contributed by atoms with Gasteiger partial charge in [-0.1, -0.05) is 76.2 Å². The molecule has 1 aromatic heterocycles. The molecule has 0 fully saturated rings. The van der Waals surface area contributed by atoms with Gasteiger partial charge >= 0.3 is 0 Å². The molecule has 8 rings (SSSR count). The van der Waals surface area contributed by atoms with Crippen molar-refractivity contribution in [2.45, 2.75) is 43.9 Å². The third-order valence-electron chi connectivity index (χ3n) is 10.7. The lowest BCUT2D eigenvalue weighted by Crippen LogP contribution is -2.51. The highest BCUT2D eigenvalue weighted by atomic mass is 19.2. The number of aromatic nitrogens is 2. The zero-order valence-corrected chi connectivity index (χ0v) is 20.6. The zero-order valence-electron chi connectivity index (χ0n) is 20.6. The first-order chi connectivity index (χ1) is 17.2. The van der Waals surface area contributed by atoms with E-state index < -0.39 is 11.6 Å². The fourth-order valence-corrected chi connectivity index (χ4v) is 8.81. The first kappa shape index (κ1) is 20.5. The van der Waals surface area contributed by atoms with E-state index >= 15 is 0 Å². The van der Waals surface area contributed by atoms with E-state index in [0.29, 0.717) is 22.1 Å². The second-order valence-corrected chi connectivity index (χ2v) is 11.5. The maximum Gasteiger partial charge on any atom is 0.161 e. The molecule has 0 bridgehead atoms. The minimum Gasteiger partial charge on any atom is -0.244 e. The molecule has 1 heterocycles. The van der Waals surface area contributed by atoms with Gasteiger partial charge in [-0.2, -0.15) is 0 Å². The van der Waals surface area contributed by atoms with Crippen molar-refractivity contribution in [2.24, 2.45) is 5.41 Å². The van der Waals surface area contributed by atoms with Crippen molar-refractivity contribution >= 4 is 22.1 Å². The molecule has 4 atom stereocenters. The van der Waals surface area contributed by atoms with Gasteiger partial charge in [0.05, 0.1) is 22.1 Å². The molecule has 36 heavy (non-hydrogen) atoms. The van der Waals surface area contributed by atoms with Gasteiger partial charge in [0, 0.05) is 33.8 Å². The summed E-state index contributed by atoms with van der Waals surface area (Å²) in [6.07, 6.45) is 0. The third kappa shape index (κ3) is 1.77. The van der Waals surface area contributed by atoms with Gasteiger partial charge in [-0.15, -0.1) is 0 Å². The summed E-state index contributed by atoms with van der Waals surface area (Å²) in [4.78, 5) is 9.52. The molecular weight excluding hydrogens is 450 g/mol. The van der Waals surface area contributed by atoms with Gasteiger partial charge in [0.15, 0.2) is 11.6 Å². The van der Waals surface area contributed by atoms with Crippen LogP contribution in [0.2, 0.25) is 0 Å². The quantitative estimate of drug-likeness (QED) is 0.220. The molecule has 176 valence electrons. The van der Waals surface area contributed by atoms with Crippen molar-refractivity contribution in [1.82, 2.24) is 9.97 Å². The Labute approximate surface area is 208 Å². The molecule has 0 saturated heterocycles. The number of halogens is 2. The monoisotopic (exact) mass is 474 g/mol. The minimum absolute atomic E-state index is 0.183. The van der Waals surface area contributed by atoms with Crippen molar-refractivity contribution in [3.05, 3.63) is 118 Å². The van der Waals surface area contributed by atoms with Crippen LogP contribution in [0.3, 0.4) is 0 Å². The van der Waals surface area contributed by atoms with Gasteiger partial charge < -0.3 is 0 Å². The average Bonchev–Trinajstić information content (AvgIpc) is 3.23. The molecule has 3 aliphatic rings. The van der Waals surface area contributed by atoms with Crippen LogP contribution in [0, 0.1) is 17.0 Å². The predicted molar refractivity (Wildman–Crippen MR) is 137 cm³/mol. The van der Waals surface area contributed by atoms with Gasteiger partial charge in [-0.25, -0.2) is 18.7 Å². The third-order valence-corrected chi connectivity index (χ3v) is 10.7. The van der Waals surface area contributed by atoms with Crippen molar-refractivity contribution in [1.29, 1.82) is 0 Å². The smallest absolute Gasteiger partial charge is 0.161 e. The molecule has 5 aromatic rings. The molecule has 0 radical (unpaired) electrons. The van der Waals surface area contributed by atoms with E-state index in [1.54, 1.807) is 0 Å². The Balaban J connectivity index is 1.57. The van der Waals surface area contributed by atoms with Gasteiger partial charge in [-0.05, 0) is 45.5 Å². The Bertz CT molecular complexity index is 1710. The molecule has 2 unspecified atom stereocenters. The molecule has 4 heteroatoms. The summed E-state index contributed by atoms with van der Waals surface area (Å²) in [5.41, 5.74) is 9.21. The molecule has 0 amide bonds. The molecule has 0 N–H and O–H groups in total. The lowest BCUT2D eigenvalue weighted by atomic mass is 9.52. The first-order valence-corrected chi connectivity index (χ1v) is 12.5. The summed E-state index contributed by atoms with van der Waals surface area (Å²) < 4.78 is 28.0. The second-order valence-electron chi connectivity index (χ2n) is 11.5. The van der Waals surface area contributed by atoms with Crippen LogP contribution >= 0.6 is 0 Å². The Morgan fingerprint density at radius 3 is 1.14 bits per heavy atom. The number of hydrogen-bond acceptors (Lipinski definition) is 2. The van der Waals surface area contributed by atoms with E-state index in [-0.39, 0.29) is 21.7 Å². The van der Waals surface area contributed by atoms with E-state index in [4.69, 9.17) is 9.97 Å². The molecular formula is C32H24F2N2. The van der Waals surface area contributed by atoms with Crippen LogP contribution in [0.4, 0.5) is 8.78 Å². The standard InChI is InChI=1S/C32H24F2N2/c1-29-17-9-5-7-11-19(17)30(2)21-13-25-26(36-28-16-24(34)23(33)15-27(28)35-25)14-22(21)31(3,32(29,30)4)20-12-8-6-10-18(20)29/h5-16H,1-4H3/t29?,30-,31+,32?. The van der Waals surface area contributed by atoms with Crippen LogP contribution in [0.1, 0.15) is 61.1 Å². The van der Waals surface area contributed by atoms with Crippen LogP contribution in [-0.4, -0.2) is 9.97 Å². The van der Waals surface area contributed by atoms with Crippen molar-refractivity contribution in [2.75, 3.05) is 0 Å². The Morgan fingerprint density at radius 1 is 0.472 bits per heavy atom. The van der Waals surface area contributed by atoms with Crippen LogP contribution in [-0.2, 0) is 16.2 Å². The van der Waals surface area contributed by atoms with Crippen LogP contribution in [0.5, 0.6) is 0 Å². The molecule has 0 aliphatic heterocycles. The van der Waals surface area contributed by atoms with Crippen LogP contribution in [0.25, 0.3) is 22.1 Å². The number of fused-ring (bicyclic) bond motifs is 11. The molecule has 4 aromatic carbocycles. The first-order valence-electron chi connectivity index (χ1n) is 12.5. The van der Waals surface area contributed by atoms with Gasteiger partial charge in [0.1, 0.15) is 0 Å². The fraction of sp³-hybridized carbons (Fsp3) is 0.250. The summed E-state index contributed by atoms with van der Waals surface area (Å²) in [5.74, 6) is -1.81. The molecule has 2 nitrogen and oxygen atoms in total. The number of nitrogens with zero attached hydrogens (tertiary/aromatic N) is 2. The number of hydrogen-bond donors (Lipinski definition) is 0. The van der Waals surface area contributed by atoms with E-state index in [9.17, 15) is 8.78 Å². The highest BCUT2D eigenvalue weighted by molar-refractivity contribution is 5.90. The Kier molecular flexibility index (Phi) is 3.32. The van der Waals surface area contributed by atoms with Gasteiger partial charge in [0.2, 0.25) is 0 Å². The number of rotatable bonds is 0. The Hall–Kier alpha value is -3.66. The lowest BCUT2D eigenvalue weighted by Gasteiger charge is -2.49. The van der Waals surface area contributed by atoms with Gasteiger partial charge in [-0.3, -0.25) is 0 Å². The van der Waals surface area contributed by atoms with E-state index in [1.165, 1.54) is 33.4 Å². The van der Waals surface area contributed by atoms with Crippen LogP contribution in [0.15, 0.2) is 72.8 Å². The summed E-state index contributed by atoms with van der Waals surface area (Å²) in [6.45, 7) is 9.66. The maximum absolute atomic E-state index is 14.0. The number of benzene rings is 4. The maximum atomic E-state index is 14.0. The normalized spacial score (nSPS) is 30.9. The summed E-state index contributed by atoms with van der Waals surface area (Å²) in [6, 6.07) is 24.4. The zero-order chi connectivity index (χ0) is 24.8. The topological polar surface area (TPSA) is 25.8 Å². The Morgan fingerprint density at radius 2 is 0.778 bits per heavy atom. The average molecular weight is 475 g/mol. The second kappa shape index (κ2) is 5.83. The lowest BCUT2D eigenvalue weighted by molar-refractivity contribution is 0.0997. The SMILES string of the molecule is CC12c3ccccc3[C@@]3(C)c4cc5nc6cc(F)c(F)cc6nc5cc4[C@@](C)(c4ccccc41)C23C. The van der Waals surface area contributed by atoms with E-state index in [1.807, 2.05) is 0 Å². The summed E-state index contributed by atoms with van der Waals surface area (Å²) in [7, 11) is 0. The highest BCUT2D eigenvalue weighted by Crippen LogP contribution is 2.82. The molecule has 0 spiro atoms. The molecule has 0 saturated carbocycles. The summed E-state index contributed by atoms with van der Waals surface area (Å²) in [5, 5.41) is 0. The molecule has 3 aliphatic carbocycles. The van der Waals surface area contributed by atoms with E-state index in [0.717, 1.165) is 12.1 Å². The largest absolute Gasteiger partial charge is 0.244 e. The fourth-order valence-electron chi connectivity index (χ4n) is 8.81. The van der Waals surface area contributed by atoms with E-state index in [2.05, 4.69) is 88.4 Å². The van der Waals surface area contributed by atoms with Crippen molar-refractivity contribution in [3.8, 4) is 0 Å². The summed E-state index contributed by atoms with van der Waals surface area (Å²) >= 11 is 0. The highest BCUT2D eigenvalue weighted by Gasteiger charge is 2.79. The minimum atomic E-state index is -0.907. The van der Waals surface area contributed by atoms with Crippen LogP contribution < -0.4 is 0 Å².